The fourth-order valence-corrected chi connectivity index (χ4v) is 5.49. The highest BCUT2D eigenvalue weighted by molar-refractivity contribution is 9.11. The van der Waals surface area contributed by atoms with Gasteiger partial charge >= 0.3 is 0 Å². The molecule has 0 aromatic heterocycles. The summed E-state index contributed by atoms with van der Waals surface area (Å²) in [5, 5.41) is 10.1. The van der Waals surface area contributed by atoms with E-state index in [1.807, 2.05) is 0 Å². The van der Waals surface area contributed by atoms with Crippen LogP contribution < -0.4 is 0 Å². The number of hydrogen-bond acceptors (Lipinski definition) is 3. The molecule has 1 aromatic rings. The number of hydrogen-bond donors (Lipinski definition) is 1. The molecule has 1 aromatic carbocycles. The van der Waals surface area contributed by atoms with Crippen LogP contribution in [0.1, 0.15) is 26.2 Å². The Morgan fingerprint density at radius 1 is 1.25 bits per heavy atom. The average molecular weight is 427 g/mol. The van der Waals surface area contributed by atoms with Crippen LogP contribution in [0.3, 0.4) is 0 Å². The Morgan fingerprint density at radius 2 is 1.95 bits per heavy atom. The molecule has 1 aliphatic heterocycles. The topological polar surface area (TPSA) is 57.6 Å². The van der Waals surface area contributed by atoms with Gasteiger partial charge in [-0.2, -0.15) is 4.31 Å². The van der Waals surface area contributed by atoms with Gasteiger partial charge in [-0.3, -0.25) is 0 Å². The summed E-state index contributed by atoms with van der Waals surface area (Å²) in [7, 11) is -3.53. The number of halogens is 2. The second-order valence-corrected chi connectivity index (χ2v) is 9.01. The van der Waals surface area contributed by atoms with Gasteiger partial charge < -0.3 is 5.11 Å². The minimum absolute atomic E-state index is 0.266. The van der Waals surface area contributed by atoms with Crippen molar-refractivity contribution in [2.45, 2.75) is 36.7 Å². The quantitative estimate of drug-likeness (QED) is 0.790. The molecule has 0 amide bonds. The molecule has 2 rings (SSSR count). The van der Waals surface area contributed by atoms with Gasteiger partial charge in [-0.15, -0.1) is 0 Å². The van der Waals surface area contributed by atoms with E-state index in [9.17, 15) is 13.5 Å². The minimum atomic E-state index is -3.53. The van der Waals surface area contributed by atoms with E-state index in [4.69, 9.17) is 0 Å². The average Bonchev–Trinajstić information content (AvgIpc) is 2.50. The van der Waals surface area contributed by atoms with Crippen molar-refractivity contribution in [2.75, 3.05) is 13.1 Å². The smallest absolute Gasteiger partial charge is 0.244 e. The van der Waals surface area contributed by atoms with Crippen LogP contribution in [0, 0.1) is 0 Å². The van der Waals surface area contributed by atoms with E-state index in [0.717, 1.165) is 4.47 Å². The summed E-state index contributed by atoms with van der Waals surface area (Å²) in [5.74, 6) is 0. The highest BCUT2D eigenvalue weighted by Gasteiger charge is 2.32. The fraction of sp³-hybridized carbons (Fsp3) is 0.538. The molecule has 0 aliphatic carbocycles. The lowest BCUT2D eigenvalue weighted by atomic mass is 9.98. The molecule has 0 radical (unpaired) electrons. The lowest BCUT2D eigenvalue weighted by Crippen LogP contribution is -2.33. The third kappa shape index (κ3) is 3.62. The first-order chi connectivity index (χ1) is 9.22. The van der Waals surface area contributed by atoms with Crippen LogP contribution in [-0.2, 0) is 10.0 Å². The van der Waals surface area contributed by atoms with E-state index in [1.165, 1.54) is 4.31 Å². The van der Waals surface area contributed by atoms with Gasteiger partial charge in [-0.25, -0.2) is 8.42 Å². The third-order valence-corrected chi connectivity index (χ3v) is 6.90. The first-order valence-electron chi connectivity index (χ1n) is 6.40. The number of sulfonamides is 1. The van der Waals surface area contributed by atoms with Crippen molar-refractivity contribution >= 4 is 41.9 Å². The van der Waals surface area contributed by atoms with E-state index < -0.39 is 15.6 Å². The van der Waals surface area contributed by atoms with Crippen LogP contribution >= 0.6 is 31.9 Å². The summed E-state index contributed by atoms with van der Waals surface area (Å²) >= 11 is 6.62. The Bertz CT molecular complexity index is 602. The Labute approximate surface area is 136 Å². The number of aliphatic hydroxyl groups is 1. The molecule has 0 spiro atoms. The Balaban J connectivity index is 2.30. The van der Waals surface area contributed by atoms with Crippen LogP contribution in [0.5, 0.6) is 0 Å². The minimum Gasteiger partial charge on any atom is -0.390 e. The maximum atomic E-state index is 12.7. The highest BCUT2D eigenvalue weighted by Crippen LogP contribution is 2.30. The Morgan fingerprint density at radius 3 is 2.60 bits per heavy atom. The summed E-state index contributed by atoms with van der Waals surface area (Å²) < 4.78 is 28.2. The summed E-state index contributed by atoms with van der Waals surface area (Å²) in [4.78, 5) is 0.266. The maximum Gasteiger partial charge on any atom is 0.244 e. The van der Waals surface area contributed by atoms with Crippen LogP contribution in [0.25, 0.3) is 0 Å². The van der Waals surface area contributed by atoms with Gasteiger partial charge in [0.25, 0.3) is 0 Å². The molecule has 1 atom stereocenters. The van der Waals surface area contributed by atoms with Crippen molar-refractivity contribution in [3.8, 4) is 0 Å². The van der Waals surface area contributed by atoms with E-state index in [1.54, 1.807) is 25.1 Å². The Kier molecular flexibility index (Phi) is 4.96. The van der Waals surface area contributed by atoms with Crippen molar-refractivity contribution in [3.05, 3.63) is 27.1 Å². The number of benzene rings is 1. The molecule has 0 saturated carbocycles. The van der Waals surface area contributed by atoms with E-state index in [0.29, 0.717) is 36.8 Å². The molecule has 1 saturated heterocycles. The SMILES string of the molecule is CC1(O)CCCN(S(=O)(=O)c2ccc(Br)cc2Br)CC1. The molecular formula is C13H17Br2NO3S. The lowest BCUT2D eigenvalue weighted by molar-refractivity contribution is 0.0465. The molecule has 1 fully saturated rings. The van der Waals surface area contributed by atoms with E-state index in [2.05, 4.69) is 31.9 Å². The van der Waals surface area contributed by atoms with Crippen molar-refractivity contribution in [1.82, 2.24) is 4.31 Å². The van der Waals surface area contributed by atoms with E-state index >= 15 is 0 Å². The zero-order valence-electron chi connectivity index (χ0n) is 11.1. The van der Waals surface area contributed by atoms with Gasteiger partial charge in [-0.05, 0) is 60.3 Å². The van der Waals surface area contributed by atoms with Crippen LogP contribution in [-0.4, -0.2) is 36.5 Å². The largest absolute Gasteiger partial charge is 0.390 e. The number of rotatable bonds is 2. The van der Waals surface area contributed by atoms with Crippen molar-refractivity contribution < 1.29 is 13.5 Å². The molecule has 1 N–H and O–H groups in total. The van der Waals surface area contributed by atoms with Crippen LogP contribution in [0.15, 0.2) is 32.0 Å². The molecule has 20 heavy (non-hydrogen) atoms. The van der Waals surface area contributed by atoms with E-state index in [-0.39, 0.29) is 4.90 Å². The summed E-state index contributed by atoms with van der Waals surface area (Å²) in [6, 6.07) is 5.03. The van der Waals surface area contributed by atoms with Gasteiger partial charge in [0.2, 0.25) is 10.0 Å². The monoisotopic (exact) mass is 425 g/mol. The lowest BCUT2D eigenvalue weighted by Gasteiger charge is -2.22. The zero-order chi connectivity index (χ0) is 15.0. The second kappa shape index (κ2) is 6.04. The summed E-state index contributed by atoms with van der Waals surface area (Å²) in [6.07, 6.45) is 1.75. The molecular weight excluding hydrogens is 410 g/mol. The molecule has 4 nitrogen and oxygen atoms in total. The normalized spacial score (nSPS) is 25.4. The third-order valence-electron chi connectivity index (χ3n) is 3.53. The molecule has 112 valence electrons. The predicted octanol–water partition coefficient (Wildman–Crippen LogP) is 3.14. The summed E-state index contributed by atoms with van der Waals surface area (Å²) in [6.45, 7) is 2.55. The second-order valence-electron chi connectivity index (χ2n) is 5.33. The van der Waals surface area contributed by atoms with Gasteiger partial charge in [-0.1, -0.05) is 15.9 Å². The van der Waals surface area contributed by atoms with Gasteiger partial charge in [0, 0.05) is 22.0 Å². The maximum absolute atomic E-state index is 12.7. The first-order valence-corrected chi connectivity index (χ1v) is 9.43. The van der Waals surface area contributed by atoms with Gasteiger partial charge in [0.1, 0.15) is 0 Å². The first kappa shape index (κ1) is 16.4. The molecule has 1 aliphatic rings. The molecule has 0 bridgehead atoms. The van der Waals surface area contributed by atoms with Gasteiger partial charge in [0.15, 0.2) is 0 Å². The standard InChI is InChI=1S/C13H17Br2NO3S/c1-13(17)5-2-7-16(8-6-13)20(18,19)12-4-3-10(14)9-11(12)15/h3-4,9,17H,2,5-8H2,1H3. The zero-order valence-corrected chi connectivity index (χ0v) is 15.1. The van der Waals surface area contributed by atoms with Crippen molar-refractivity contribution in [3.63, 3.8) is 0 Å². The fourth-order valence-electron chi connectivity index (χ4n) is 2.30. The molecule has 1 heterocycles. The van der Waals surface area contributed by atoms with Crippen molar-refractivity contribution in [2.24, 2.45) is 0 Å². The van der Waals surface area contributed by atoms with Crippen LogP contribution in [0.4, 0.5) is 0 Å². The predicted molar refractivity (Wildman–Crippen MR) is 85.1 cm³/mol. The molecule has 1 unspecified atom stereocenters. The molecule has 7 heteroatoms. The van der Waals surface area contributed by atoms with Gasteiger partial charge in [0.05, 0.1) is 10.5 Å². The number of nitrogens with zero attached hydrogens (tertiary/aromatic N) is 1. The van der Waals surface area contributed by atoms with Crippen LogP contribution in [0.2, 0.25) is 0 Å². The Hall–Kier alpha value is 0.0500. The van der Waals surface area contributed by atoms with Crippen molar-refractivity contribution in [1.29, 1.82) is 0 Å². The highest BCUT2D eigenvalue weighted by atomic mass is 79.9. The summed E-state index contributed by atoms with van der Waals surface area (Å²) in [5.41, 5.74) is -0.777.